The number of benzene rings is 1. The molecule has 0 bridgehead atoms. The number of nitrogens with zero attached hydrogens (tertiary/aromatic N) is 4. The molecule has 23 heavy (non-hydrogen) atoms. The van der Waals surface area contributed by atoms with Crippen LogP contribution in [0.5, 0.6) is 0 Å². The average Bonchev–Trinajstić information content (AvgIpc) is 3.14. The number of hydrogen-bond acceptors (Lipinski definition) is 8. The largest absolute Gasteiger partial charge is 0.379 e. The van der Waals surface area contributed by atoms with Crippen LogP contribution in [0.25, 0.3) is 10.2 Å². The number of fused-ring (bicyclic) bond motifs is 1. The SMILES string of the molecule is Cc1nnc(Nc2nc3ccc(CN4CCOCC4)cc3s2)s1. The van der Waals surface area contributed by atoms with Crippen molar-refractivity contribution in [1.82, 2.24) is 20.1 Å². The van der Waals surface area contributed by atoms with Crippen LogP contribution in [0.3, 0.4) is 0 Å². The Morgan fingerprint density at radius 3 is 2.83 bits per heavy atom. The van der Waals surface area contributed by atoms with E-state index in [1.807, 2.05) is 6.92 Å². The van der Waals surface area contributed by atoms with Gasteiger partial charge in [0.15, 0.2) is 5.13 Å². The molecule has 1 N–H and O–H groups in total. The fourth-order valence-electron chi connectivity index (χ4n) is 2.58. The molecular weight excluding hydrogens is 330 g/mol. The Balaban J connectivity index is 1.51. The van der Waals surface area contributed by atoms with E-state index in [0.717, 1.165) is 53.6 Å². The Bertz CT molecular complexity index is 809. The summed E-state index contributed by atoms with van der Waals surface area (Å²) in [7, 11) is 0. The molecule has 1 fully saturated rings. The summed E-state index contributed by atoms with van der Waals surface area (Å²) in [6.45, 7) is 6.58. The van der Waals surface area contributed by atoms with E-state index in [0.29, 0.717) is 0 Å². The molecule has 3 heterocycles. The van der Waals surface area contributed by atoms with Gasteiger partial charge in [-0.05, 0) is 24.6 Å². The molecule has 0 saturated carbocycles. The summed E-state index contributed by atoms with van der Waals surface area (Å²) in [5, 5.41) is 13.9. The summed E-state index contributed by atoms with van der Waals surface area (Å²) in [5.41, 5.74) is 2.34. The molecule has 1 saturated heterocycles. The van der Waals surface area contributed by atoms with Crippen LogP contribution in [0, 0.1) is 6.92 Å². The Morgan fingerprint density at radius 1 is 1.17 bits per heavy atom. The minimum Gasteiger partial charge on any atom is -0.379 e. The highest BCUT2D eigenvalue weighted by molar-refractivity contribution is 7.22. The van der Waals surface area contributed by atoms with E-state index in [2.05, 4.69) is 43.6 Å². The minimum atomic E-state index is 0.787. The Hall–Kier alpha value is -1.61. The predicted octanol–water partition coefficient (Wildman–Crippen LogP) is 3.03. The summed E-state index contributed by atoms with van der Waals surface area (Å²) < 4.78 is 6.60. The molecule has 0 spiro atoms. The lowest BCUT2D eigenvalue weighted by Gasteiger charge is -2.26. The molecule has 1 aliphatic rings. The molecule has 6 nitrogen and oxygen atoms in total. The van der Waals surface area contributed by atoms with Gasteiger partial charge in [-0.25, -0.2) is 4.98 Å². The van der Waals surface area contributed by atoms with Crippen molar-refractivity contribution in [2.75, 3.05) is 31.6 Å². The standard InChI is InChI=1S/C15H17N5OS2/c1-10-18-19-15(22-10)17-14-16-12-3-2-11(8-13(12)23-14)9-20-4-6-21-7-5-20/h2-3,8H,4-7,9H2,1H3,(H,16,17,19). The van der Waals surface area contributed by atoms with Crippen LogP contribution < -0.4 is 5.32 Å². The van der Waals surface area contributed by atoms with E-state index in [-0.39, 0.29) is 0 Å². The van der Waals surface area contributed by atoms with Gasteiger partial charge in [-0.3, -0.25) is 4.90 Å². The first kappa shape index (κ1) is 14.9. The summed E-state index contributed by atoms with van der Waals surface area (Å²) >= 11 is 3.18. The summed E-state index contributed by atoms with van der Waals surface area (Å²) in [4.78, 5) is 7.04. The Kier molecular flexibility index (Phi) is 4.21. The van der Waals surface area contributed by atoms with Crippen LogP contribution in [-0.4, -0.2) is 46.4 Å². The lowest BCUT2D eigenvalue weighted by atomic mass is 10.2. The third kappa shape index (κ3) is 3.50. The van der Waals surface area contributed by atoms with Gasteiger partial charge in [-0.2, -0.15) is 0 Å². The second kappa shape index (κ2) is 6.48. The summed E-state index contributed by atoms with van der Waals surface area (Å²) in [6.07, 6.45) is 0. The van der Waals surface area contributed by atoms with E-state index < -0.39 is 0 Å². The topological polar surface area (TPSA) is 63.2 Å². The van der Waals surface area contributed by atoms with Crippen LogP contribution >= 0.6 is 22.7 Å². The molecule has 0 unspecified atom stereocenters. The third-order valence-corrected chi connectivity index (χ3v) is 5.39. The van der Waals surface area contributed by atoms with Gasteiger partial charge in [-0.1, -0.05) is 28.7 Å². The van der Waals surface area contributed by atoms with E-state index in [4.69, 9.17) is 4.74 Å². The van der Waals surface area contributed by atoms with Gasteiger partial charge in [0.1, 0.15) is 5.01 Å². The van der Waals surface area contributed by atoms with Crippen LogP contribution in [0.4, 0.5) is 10.3 Å². The minimum absolute atomic E-state index is 0.787. The maximum Gasteiger partial charge on any atom is 0.211 e. The molecule has 0 atom stereocenters. The number of thiazole rings is 1. The van der Waals surface area contributed by atoms with Gasteiger partial charge >= 0.3 is 0 Å². The number of morpholine rings is 1. The van der Waals surface area contributed by atoms with Crippen molar-refractivity contribution in [3.8, 4) is 0 Å². The fraction of sp³-hybridized carbons (Fsp3) is 0.400. The number of aryl methyl sites for hydroxylation is 1. The van der Waals surface area contributed by atoms with Crippen molar-refractivity contribution in [2.24, 2.45) is 0 Å². The van der Waals surface area contributed by atoms with Crippen molar-refractivity contribution >= 4 is 43.2 Å². The summed E-state index contributed by atoms with van der Waals surface area (Å²) in [5.74, 6) is 0. The smallest absolute Gasteiger partial charge is 0.211 e. The molecule has 1 aliphatic heterocycles. The molecule has 3 aromatic rings. The van der Waals surface area contributed by atoms with Crippen LogP contribution in [0.1, 0.15) is 10.6 Å². The van der Waals surface area contributed by atoms with Gasteiger partial charge in [0.25, 0.3) is 0 Å². The molecule has 4 rings (SSSR count). The highest BCUT2D eigenvalue weighted by Crippen LogP contribution is 2.30. The molecule has 8 heteroatoms. The normalized spacial score (nSPS) is 16.0. The van der Waals surface area contributed by atoms with E-state index >= 15 is 0 Å². The first-order chi connectivity index (χ1) is 11.3. The molecule has 0 aliphatic carbocycles. The zero-order valence-electron chi connectivity index (χ0n) is 12.8. The van der Waals surface area contributed by atoms with Gasteiger partial charge in [0.2, 0.25) is 5.13 Å². The van der Waals surface area contributed by atoms with Gasteiger partial charge in [0.05, 0.1) is 23.4 Å². The number of anilines is 2. The number of rotatable bonds is 4. The van der Waals surface area contributed by atoms with Gasteiger partial charge < -0.3 is 10.1 Å². The molecular formula is C15H17N5OS2. The molecule has 0 amide bonds. The zero-order chi connectivity index (χ0) is 15.6. The van der Waals surface area contributed by atoms with Crippen molar-refractivity contribution in [2.45, 2.75) is 13.5 Å². The molecule has 2 aromatic heterocycles. The predicted molar refractivity (Wildman–Crippen MR) is 93.6 cm³/mol. The van der Waals surface area contributed by atoms with Crippen LogP contribution in [0.15, 0.2) is 18.2 Å². The summed E-state index contributed by atoms with van der Waals surface area (Å²) in [6, 6.07) is 6.49. The van der Waals surface area contributed by atoms with Crippen molar-refractivity contribution in [3.05, 3.63) is 28.8 Å². The second-order valence-electron chi connectivity index (χ2n) is 5.46. The van der Waals surface area contributed by atoms with Gasteiger partial charge in [0, 0.05) is 19.6 Å². The Labute approximate surface area is 142 Å². The highest BCUT2D eigenvalue weighted by atomic mass is 32.1. The first-order valence-corrected chi connectivity index (χ1v) is 9.16. The lowest BCUT2D eigenvalue weighted by molar-refractivity contribution is 0.0342. The quantitative estimate of drug-likeness (QED) is 0.783. The number of nitrogens with one attached hydrogen (secondary N) is 1. The van der Waals surface area contributed by atoms with E-state index in [1.54, 1.807) is 11.3 Å². The highest BCUT2D eigenvalue weighted by Gasteiger charge is 2.12. The first-order valence-electron chi connectivity index (χ1n) is 7.53. The average molecular weight is 347 g/mol. The number of hydrogen-bond donors (Lipinski definition) is 1. The number of ether oxygens (including phenoxy) is 1. The lowest BCUT2D eigenvalue weighted by Crippen LogP contribution is -2.35. The Morgan fingerprint density at radius 2 is 2.04 bits per heavy atom. The van der Waals surface area contributed by atoms with Crippen LogP contribution in [-0.2, 0) is 11.3 Å². The second-order valence-corrected chi connectivity index (χ2v) is 7.67. The maximum atomic E-state index is 5.40. The van der Waals surface area contributed by atoms with Crippen molar-refractivity contribution < 1.29 is 4.74 Å². The van der Waals surface area contributed by atoms with Crippen LogP contribution in [0.2, 0.25) is 0 Å². The van der Waals surface area contributed by atoms with E-state index in [1.165, 1.54) is 21.6 Å². The van der Waals surface area contributed by atoms with Crippen molar-refractivity contribution in [3.63, 3.8) is 0 Å². The monoisotopic (exact) mass is 347 g/mol. The number of aromatic nitrogens is 3. The van der Waals surface area contributed by atoms with Gasteiger partial charge in [-0.15, -0.1) is 10.2 Å². The van der Waals surface area contributed by atoms with Crippen molar-refractivity contribution in [1.29, 1.82) is 0 Å². The molecule has 1 aromatic carbocycles. The molecule has 0 radical (unpaired) electrons. The third-order valence-electron chi connectivity index (χ3n) is 3.70. The molecule has 120 valence electrons. The fourth-order valence-corrected chi connectivity index (χ4v) is 4.16. The zero-order valence-corrected chi connectivity index (χ0v) is 14.4. The van der Waals surface area contributed by atoms with E-state index in [9.17, 15) is 0 Å². The maximum absolute atomic E-state index is 5.40.